The molecule has 76 valence electrons. The van der Waals surface area contributed by atoms with Gasteiger partial charge in [0.05, 0.1) is 12.3 Å². The lowest BCUT2D eigenvalue weighted by atomic mass is 10.3. The monoisotopic (exact) mass is 194 g/mol. The number of anilines is 1. The summed E-state index contributed by atoms with van der Waals surface area (Å²) in [5.74, 6) is 6.08. The molecule has 14 heavy (non-hydrogen) atoms. The van der Waals surface area contributed by atoms with Crippen LogP contribution in [-0.2, 0) is 0 Å². The molecule has 0 aliphatic heterocycles. The molecule has 0 bridgehead atoms. The summed E-state index contributed by atoms with van der Waals surface area (Å²) < 4.78 is 5.26. The van der Waals surface area contributed by atoms with Crippen molar-refractivity contribution in [3.8, 4) is 5.75 Å². The Morgan fingerprint density at radius 1 is 1.43 bits per heavy atom. The summed E-state index contributed by atoms with van der Waals surface area (Å²) >= 11 is 0. The molecule has 0 saturated heterocycles. The Balaban J connectivity index is 2.77. The van der Waals surface area contributed by atoms with E-state index in [1.165, 1.54) is 0 Å². The van der Waals surface area contributed by atoms with E-state index in [1.54, 1.807) is 24.3 Å². The van der Waals surface area contributed by atoms with Crippen molar-refractivity contribution >= 4 is 11.6 Å². The molecular formula is C9H14N4O. The molecule has 1 aromatic rings. The minimum absolute atomic E-state index is 0.200. The van der Waals surface area contributed by atoms with Crippen molar-refractivity contribution in [3.63, 3.8) is 0 Å². The summed E-state index contributed by atoms with van der Waals surface area (Å²) in [7, 11) is 0. The first-order valence-corrected chi connectivity index (χ1v) is 4.27. The van der Waals surface area contributed by atoms with Crippen LogP contribution >= 0.6 is 0 Å². The molecule has 5 heteroatoms. The smallest absolute Gasteiger partial charge is 0.207 e. The molecule has 0 unspecified atom stereocenters. The Kier molecular flexibility index (Phi) is 3.30. The molecule has 0 saturated carbocycles. The van der Waals surface area contributed by atoms with Crippen molar-refractivity contribution in [2.24, 2.45) is 11.6 Å². The van der Waals surface area contributed by atoms with Crippen molar-refractivity contribution in [2.75, 3.05) is 11.6 Å². The summed E-state index contributed by atoms with van der Waals surface area (Å²) in [6.07, 6.45) is 0. The summed E-state index contributed by atoms with van der Waals surface area (Å²) in [6.45, 7) is 2.54. The zero-order valence-electron chi connectivity index (χ0n) is 8.03. The fourth-order valence-electron chi connectivity index (χ4n) is 1.01. The van der Waals surface area contributed by atoms with Gasteiger partial charge in [0.25, 0.3) is 0 Å². The number of nitrogens with zero attached hydrogens (tertiary/aromatic N) is 1. The van der Waals surface area contributed by atoms with Crippen LogP contribution in [0.4, 0.5) is 5.69 Å². The molecule has 5 N–H and O–H groups in total. The third kappa shape index (κ3) is 2.37. The molecule has 0 atom stereocenters. The standard InChI is InChI=1S/C9H14N4O/c1-2-14-8-5-3-7(4-6-8)13(12)9(10)11/h3-6H,2,12H2,1H3,(H3,10,11). The first kappa shape index (κ1) is 10.3. The zero-order chi connectivity index (χ0) is 10.6. The second-order valence-electron chi connectivity index (χ2n) is 2.68. The van der Waals surface area contributed by atoms with Crippen LogP contribution in [0.3, 0.4) is 0 Å². The van der Waals surface area contributed by atoms with Crippen LogP contribution in [0.15, 0.2) is 24.3 Å². The fourth-order valence-corrected chi connectivity index (χ4v) is 1.01. The SMILES string of the molecule is CCOc1ccc(N(N)C(=N)N)cc1. The Morgan fingerprint density at radius 2 is 2.00 bits per heavy atom. The van der Waals surface area contributed by atoms with Crippen LogP contribution in [0.1, 0.15) is 6.92 Å². The quantitative estimate of drug-likeness (QED) is 0.285. The van der Waals surface area contributed by atoms with E-state index in [-0.39, 0.29) is 5.96 Å². The number of hydrogen-bond acceptors (Lipinski definition) is 3. The molecule has 0 amide bonds. The van der Waals surface area contributed by atoms with Gasteiger partial charge in [-0.3, -0.25) is 5.41 Å². The highest BCUT2D eigenvalue weighted by atomic mass is 16.5. The van der Waals surface area contributed by atoms with E-state index in [0.717, 1.165) is 10.8 Å². The second kappa shape index (κ2) is 4.48. The van der Waals surface area contributed by atoms with Gasteiger partial charge in [-0.1, -0.05) is 0 Å². The van der Waals surface area contributed by atoms with Gasteiger partial charge in [-0.25, -0.2) is 10.9 Å². The van der Waals surface area contributed by atoms with Crippen LogP contribution in [0.25, 0.3) is 0 Å². The number of guanidine groups is 1. The number of rotatable bonds is 3. The average Bonchev–Trinajstić information content (AvgIpc) is 2.18. The Labute approximate surface area is 82.7 Å². The highest BCUT2D eigenvalue weighted by Gasteiger charge is 2.03. The topological polar surface area (TPSA) is 88.4 Å². The first-order valence-electron chi connectivity index (χ1n) is 4.27. The van der Waals surface area contributed by atoms with Gasteiger partial charge >= 0.3 is 0 Å². The predicted octanol–water partition coefficient (Wildman–Crippen LogP) is 0.659. The zero-order valence-corrected chi connectivity index (χ0v) is 8.03. The van der Waals surface area contributed by atoms with Crippen LogP contribution < -0.4 is 21.3 Å². The van der Waals surface area contributed by atoms with E-state index in [4.69, 9.17) is 21.7 Å². The van der Waals surface area contributed by atoms with Crippen molar-refractivity contribution < 1.29 is 4.74 Å². The van der Waals surface area contributed by atoms with Gasteiger partial charge in [-0.2, -0.15) is 0 Å². The molecule has 1 rings (SSSR count). The molecule has 1 aromatic carbocycles. The van der Waals surface area contributed by atoms with Gasteiger partial charge in [0, 0.05) is 0 Å². The van der Waals surface area contributed by atoms with Crippen LogP contribution in [0.2, 0.25) is 0 Å². The Hall–Kier alpha value is -1.75. The highest BCUT2D eigenvalue weighted by Crippen LogP contribution is 2.17. The molecule has 0 spiro atoms. The molecule has 5 nitrogen and oxygen atoms in total. The van der Waals surface area contributed by atoms with E-state index in [2.05, 4.69) is 0 Å². The van der Waals surface area contributed by atoms with Gasteiger partial charge in [0.1, 0.15) is 5.75 Å². The number of nitrogens with two attached hydrogens (primary N) is 2. The molecule has 0 aliphatic carbocycles. The maximum atomic E-state index is 7.12. The van der Waals surface area contributed by atoms with E-state index in [1.807, 2.05) is 6.92 Å². The third-order valence-corrected chi connectivity index (χ3v) is 1.69. The molecule has 0 fully saturated rings. The van der Waals surface area contributed by atoms with Crippen molar-refractivity contribution in [1.29, 1.82) is 5.41 Å². The lowest BCUT2D eigenvalue weighted by molar-refractivity contribution is 0.340. The van der Waals surface area contributed by atoms with Crippen molar-refractivity contribution in [2.45, 2.75) is 6.92 Å². The molecule has 0 radical (unpaired) electrons. The summed E-state index contributed by atoms with van der Waals surface area (Å²) in [5.41, 5.74) is 5.87. The average molecular weight is 194 g/mol. The normalized spacial score (nSPS) is 9.57. The maximum absolute atomic E-state index is 7.12. The molecular weight excluding hydrogens is 180 g/mol. The van der Waals surface area contributed by atoms with Crippen molar-refractivity contribution in [3.05, 3.63) is 24.3 Å². The highest BCUT2D eigenvalue weighted by molar-refractivity contribution is 5.91. The number of hydrogen-bond donors (Lipinski definition) is 3. The summed E-state index contributed by atoms with van der Waals surface area (Å²) in [4.78, 5) is 0. The van der Waals surface area contributed by atoms with Crippen LogP contribution in [0.5, 0.6) is 5.75 Å². The number of benzene rings is 1. The Bertz CT molecular complexity index is 309. The van der Waals surface area contributed by atoms with E-state index < -0.39 is 0 Å². The minimum atomic E-state index is -0.200. The lowest BCUT2D eigenvalue weighted by Gasteiger charge is -2.16. The number of nitrogens with one attached hydrogen (secondary N) is 1. The molecule has 0 aliphatic rings. The minimum Gasteiger partial charge on any atom is -0.494 e. The van der Waals surface area contributed by atoms with Gasteiger partial charge in [0.15, 0.2) is 0 Å². The summed E-state index contributed by atoms with van der Waals surface area (Å²) in [5, 5.41) is 8.21. The number of ether oxygens (including phenoxy) is 1. The van der Waals surface area contributed by atoms with Gasteiger partial charge in [-0.15, -0.1) is 0 Å². The molecule has 0 aromatic heterocycles. The van der Waals surface area contributed by atoms with Gasteiger partial charge in [-0.05, 0) is 31.2 Å². The van der Waals surface area contributed by atoms with Gasteiger partial charge < -0.3 is 10.5 Å². The van der Waals surface area contributed by atoms with E-state index in [9.17, 15) is 0 Å². The molecule has 0 heterocycles. The van der Waals surface area contributed by atoms with E-state index >= 15 is 0 Å². The predicted molar refractivity (Wildman–Crippen MR) is 56.2 cm³/mol. The third-order valence-electron chi connectivity index (χ3n) is 1.69. The van der Waals surface area contributed by atoms with Crippen LogP contribution in [-0.4, -0.2) is 12.6 Å². The number of hydrazine groups is 1. The van der Waals surface area contributed by atoms with Crippen molar-refractivity contribution in [1.82, 2.24) is 0 Å². The van der Waals surface area contributed by atoms with Gasteiger partial charge in [0.2, 0.25) is 5.96 Å². The Morgan fingerprint density at radius 3 is 2.43 bits per heavy atom. The first-order chi connectivity index (χ1) is 6.65. The fraction of sp³-hybridized carbons (Fsp3) is 0.222. The maximum Gasteiger partial charge on any atom is 0.207 e. The lowest BCUT2D eigenvalue weighted by Crippen LogP contribution is -2.42. The van der Waals surface area contributed by atoms with E-state index in [0.29, 0.717) is 12.3 Å². The largest absolute Gasteiger partial charge is 0.494 e. The second-order valence-corrected chi connectivity index (χ2v) is 2.68. The van der Waals surface area contributed by atoms with Crippen LogP contribution in [0, 0.1) is 5.41 Å². The summed E-state index contributed by atoms with van der Waals surface area (Å²) in [6, 6.07) is 7.04.